The molecular weight excluding hydrogens is 544 g/mol. The molecule has 3 saturated heterocycles. The highest BCUT2D eigenvalue weighted by Gasteiger charge is 2.84. The van der Waals surface area contributed by atoms with E-state index >= 15 is 0 Å². The van der Waals surface area contributed by atoms with E-state index in [2.05, 4.69) is 0 Å². The van der Waals surface area contributed by atoms with E-state index in [-0.39, 0.29) is 25.6 Å². The average Bonchev–Trinajstić information content (AvgIpc) is 3.62. The molecule has 0 amide bonds. The van der Waals surface area contributed by atoms with Crippen molar-refractivity contribution in [3.8, 4) is 0 Å². The van der Waals surface area contributed by atoms with Crippen LogP contribution in [0.1, 0.15) is 30.8 Å². The molecular formula is C32H34O10. The molecule has 2 aromatic rings. The maximum Gasteiger partial charge on any atom is 0.366 e. The van der Waals surface area contributed by atoms with Crippen molar-refractivity contribution in [1.82, 2.24) is 0 Å². The Bertz CT molecular complexity index is 1380. The summed E-state index contributed by atoms with van der Waals surface area (Å²) in [6.45, 7) is 1.74. The molecule has 0 radical (unpaired) electrons. The van der Waals surface area contributed by atoms with Gasteiger partial charge in [0, 0.05) is 35.2 Å². The second-order valence-corrected chi connectivity index (χ2v) is 12.0. The minimum absolute atomic E-state index is 0.0126. The second kappa shape index (κ2) is 9.96. The molecule has 5 fully saturated rings. The number of ketones is 1. The van der Waals surface area contributed by atoms with Crippen LogP contribution in [0.15, 0.2) is 60.7 Å². The van der Waals surface area contributed by atoms with Crippen molar-refractivity contribution in [3.63, 3.8) is 0 Å². The van der Waals surface area contributed by atoms with E-state index in [4.69, 9.17) is 33.2 Å². The number of carbonyl (C=O) groups excluding carboxylic acids is 3. The zero-order chi connectivity index (χ0) is 29.3. The fourth-order valence-electron chi connectivity index (χ4n) is 8.62. The summed E-state index contributed by atoms with van der Waals surface area (Å²) in [4.78, 5) is 41.7. The van der Waals surface area contributed by atoms with Gasteiger partial charge in [-0.05, 0) is 5.56 Å². The van der Waals surface area contributed by atoms with Gasteiger partial charge in [0.25, 0.3) is 5.79 Å². The largest absolute Gasteiger partial charge is 0.468 e. The van der Waals surface area contributed by atoms with Crippen molar-refractivity contribution in [2.45, 2.75) is 50.3 Å². The van der Waals surface area contributed by atoms with Gasteiger partial charge in [-0.15, -0.1) is 0 Å². The number of Topliss-reactive ketones (excluding diaryl/α,β-unsaturated/α-hetero) is 1. The molecule has 0 N–H and O–H groups in total. The van der Waals surface area contributed by atoms with Gasteiger partial charge in [-0.1, -0.05) is 67.6 Å². The first-order valence-electron chi connectivity index (χ1n) is 14.3. The van der Waals surface area contributed by atoms with E-state index in [0.717, 1.165) is 11.1 Å². The van der Waals surface area contributed by atoms with Gasteiger partial charge in [0.1, 0.15) is 11.5 Å². The summed E-state index contributed by atoms with van der Waals surface area (Å²) >= 11 is 0. The summed E-state index contributed by atoms with van der Waals surface area (Å²) in [5, 5.41) is 0. The summed E-state index contributed by atoms with van der Waals surface area (Å²) in [5.74, 6) is -5.74. The van der Waals surface area contributed by atoms with Crippen LogP contribution in [0.5, 0.6) is 0 Å². The molecule has 0 aromatic heterocycles. The Morgan fingerprint density at radius 2 is 1.55 bits per heavy atom. The Hall–Kier alpha value is -3.15. The van der Waals surface area contributed by atoms with E-state index in [9.17, 15) is 14.4 Å². The summed E-state index contributed by atoms with van der Waals surface area (Å²) < 4.78 is 43.1. The Morgan fingerprint density at radius 3 is 2.24 bits per heavy atom. The first-order chi connectivity index (χ1) is 20.3. The molecule has 42 heavy (non-hydrogen) atoms. The Morgan fingerprint density at radius 1 is 0.881 bits per heavy atom. The second-order valence-electron chi connectivity index (χ2n) is 12.0. The Labute approximate surface area is 243 Å². The normalized spacial score (nSPS) is 41.5. The average molecular weight is 579 g/mol. The highest BCUT2D eigenvalue weighted by atomic mass is 16.7. The lowest BCUT2D eigenvalue weighted by atomic mass is 9.43. The molecule has 3 aliphatic heterocycles. The van der Waals surface area contributed by atoms with E-state index in [0.29, 0.717) is 6.42 Å². The fraction of sp³-hybridized carbons (Fsp3) is 0.531. The SMILES string of the molecule is COC(=O)[C@@]1(OCc2ccccc2)OC[C@@]23[C@@H]4C[C@@H](O[C@H](c5ccccc5)O4)[C@@]4(C(=O)OC)CO[C@@H](C(=O)[C@H](C)[C@H]12)[C@@H]43. The third-order valence-corrected chi connectivity index (χ3v) is 10.3. The van der Waals surface area contributed by atoms with E-state index in [1.165, 1.54) is 14.2 Å². The quantitative estimate of drug-likeness (QED) is 0.474. The predicted octanol–water partition coefficient (Wildman–Crippen LogP) is 2.99. The number of benzene rings is 2. The molecule has 5 aliphatic rings. The standard InChI is InChI=1S/C32H34O10/c1-18-23(33)24-26-30(17-40-32(25(18)30,29(35)37-3)39-15-19-10-6-4-7-11-19)21-14-22(31(26,16-38-24)28(34)36-2)42-27(41-21)20-12-8-5-9-13-20/h4-13,18,21-22,24-27H,14-17H2,1-3H3/t18-,21-,22+,24-,25-,26+,27+,30+,31-,32-/m0/s1. The lowest BCUT2D eigenvalue weighted by Crippen LogP contribution is -2.74. The Balaban J connectivity index is 1.40. The van der Waals surface area contributed by atoms with E-state index < -0.39 is 70.9 Å². The molecule has 2 saturated carbocycles. The number of ether oxygens (including phenoxy) is 7. The third kappa shape index (κ3) is 3.53. The smallest absolute Gasteiger partial charge is 0.366 e. The van der Waals surface area contributed by atoms with Crippen LogP contribution < -0.4 is 0 Å². The van der Waals surface area contributed by atoms with Crippen LogP contribution in [-0.4, -0.2) is 69.3 Å². The number of hydrogen-bond donors (Lipinski definition) is 0. The molecule has 10 atom stereocenters. The van der Waals surface area contributed by atoms with Crippen molar-refractivity contribution < 1.29 is 47.5 Å². The molecule has 1 spiro atoms. The highest BCUT2D eigenvalue weighted by molar-refractivity contribution is 5.92. The molecule has 3 heterocycles. The molecule has 2 aromatic carbocycles. The van der Waals surface area contributed by atoms with E-state index in [1.807, 2.05) is 60.7 Å². The van der Waals surface area contributed by atoms with Gasteiger partial charge in [-0.2, -0.15) is 0 Å². The predicted molar refractivity (Wildman–Crippen MR) is 143 cm³/mol. The zero-order valence-electron chi connectivity index (χ0n) is 23.7. The van der Waals surface area contributed by atoms with E-state index in [1.54, 1.807) is 6.92 Å². The molecule has 2 bridgehead atoms. The zero-order valence-corrected chi connectivity index (χ0v) is 23.7. The lowest BCUT2D eigenvalue weighted by Gasteiger charge is -2.63. The van der Waals surface area contributed by atoms with Crippen LogP contribution in [0, 0.1) is 28.6 Å². The number of methoxy groups -OCH3 is 2. The maximum atomic E-state index is 14.1. The van der Waals surface area contributed by atoms with Gasteiger partial charge in [-0.3, -0.25) is 9.59 Å². The maximum absolute atomic E-state index is 14.1. The third-order valence-electron chi connectivity index (χ3n) is 10.3. The van der Waals surface area contributed by atoms with Crippen LogP contribution >= 0.6 is 0 Å². The van der Waals surface area contributed by atoms with Crippen molar-refractivity contribution in [3.05, 3.63) is 71.8 Å². The van der Waals surface area contributed by atoms with Gasteiger partial charge >= 0.3 is 11.9 Å². The Kier molecular flexibility index (Phi) is 6.56. The summed E-state index contributed by atoms with van der Waals surface area (Å²) in [6.07, 6.45) is -2.61. The first-order valence-corrected chi connectivity index (χ1v) is 14.3. The lowest BCUT2D eigenvalue weighted by molar-refractivity contribution is -0.341. The van der Waals surface area contributed by atoms with Crippen molar-refractivity contribution in [1.29, 1.82) is 0 Å². The van der Waals surface area contributed by atoms with Gasteiger partial charge < -0.3 is 33.2 Å². The van der Waals surface area contributed by atoms with Crippen LogP contribution in [0.4, 0.5) is 0 Å². The minimum Gasteiger partial charge on any atom is -0.468 e. The fourth-order valence-corrected chi connectivity index (χ4v) is 8.62. The van der Waals surface area contributed by atoms with Crippen LogP contribution in [0.25, 0.3) is 0 Å². The highest BCUT2D eigenvalue weighted by Crippen LogP contribution is 2.71. The summed E-state index contributed by atoms with van der Waals surface area (Å²) in [5.41, 5.74) is -0.759. The van der Waals surface area contributed by atoms with Gasteiger partial charge in [0.2, 0.25) is 0 Å². The molecule has 0 unspecified atom stereocenters. The van der Waals surface area contributed by atoms with Crippen molar-refractivity contribution in [2.24, 2.45) is 28.6 Å². The summed E-state index contributed by atoms with van der Waals surface area (Å²) in [6, 6.07) is 18.9. The minimum atomic E-state index is -1.92. The molecule has 7 rings (SSSR count). The number of fused-ring (bicyclic) bond motifs is 3. The van der Waals surface area contributed by atoms with Gasteiger partial charge in [0.05, 0.1) is 46.2 Å². The van der Waals surface area contributed by atoms with Crippen molar-refractivity contribution in [2.75, 3.05) is 27.4 Å². The van der Waals surface area contributed by atoms with Gasteiger partial charge in [-0.25, -0.2) is 4.79 Å². The number of esters is 2. The first kappa shape index (κ1) is 27.7. The number of carbonyl (C=O) groups is 3. The molecule has 222 valence electrons. The number of rotatable bonds is 6. The van der Waals surface area contributed by atoms with Crippen molar-refractivity contribution >= 4 is 17.7 Å². The number of hydrogen-bond acceptors (Lipinski definition) is 10. The molecule has 10 nitrogen and oxygen atoms in total. The molecule has 10 heteroatoms. The topological polar surface area (TPSA) is 116 Å². The van der Waals surface area contributed by atoms with Crippen LogP contribution in [-0.2, 0) is 54.1 Å². The van der Waals surface area contributed by atoms with Crippen LogP contribution in [0.3, 0.4) is 0 Å². The van der Waals surface area contributed by atoms with Crippen LogP contribution in [0.2, 0.25) is 0 Å². The van der Waals surface area contributed by atoms with Gasteiger partial charge in [0.15, 0.2) is 12.1 Å². The molecule has 2 aliphatic carbocycles. The monoisotopic (exact) mass is 578 g/mol. The summed E-state index contributed by atoms with van der Waals surface area (Å²) in [7, 11) is 2.60.